The molecule has 118 valence electrons. The number of hydrogen-bond acceptors (Lipinski definition) is 5. The van der Waals surface area contributed by atoms with Gasteiger partial charge >= 0.3 is 0 Å². The molecular weight excluding hydrogens is 286 g/mol. The number of carbonyl (C=O) groups is 1. The highest BCUT2D eigenvalue weighted by Crippen LogP contribution is 2.22. The van der Waals surface area contributed by atoms with E-state index < -0.39 is 11.8 Å². The topological polar surface area (TPSA) is 78.7 Å². The van der Waals surface area contributed by atoms with E-state index in [4.69, 9.17) is 9.47 Å². The molecule has 0 N–H and O–H groups in total. The molecule has 2 atom stereocenters. The predicted octanol–water partition coefficient (Wildman–Crippen LogP) is 2.21. The van der Waals surface area contributed by atoms with Crippen LogP contribution >= 0.6 is 0 Å². The van der Waals surface area contributed by atoms with Gasteiger partial charge in [0.1, 0.15) is 11.5 Å². The molecule has 0 unspecified atom stereocenters. The molecule has 0 spiro atoms. The van der Waals surface area contributed by atoms with Gasteiger partial charge in [-0.15, -0.1) is 0 Å². The van der Waals surface area contributed by atoms with E-state index in [0.717, 1.165) is 11.3 Å². The fraction of sp³-hybridized carbons (Fsp3) is 0.438. The van der Waals surface area contributed by atoms with Crippen molar-refractivity contribution in [2.45, 2.75) is 6.42 Å². The molecule has 6 heteroatoms. The molecule has 0 aliphatic carbocycles. The largest absolute Gasteiger partial charge is 0.497 e. The number of ketones is 1. The fourth-order valence-corrected chi connectivity index (χ4v) is 2.47. The van der Waals surface area contributed by atoms with Crippen LogP contribution in [-0.2, 0) is 9.53 Å². The molecule has 2 rings (SSSR count). The number of nitro groups is 1. The highest BCUT2D eigenvalue weighted by Gasteiger charge is 2.32. The Bertz CT molecular complexity index is 552. The lowest BCUT2D eigenvalue weighted by atomic mass is 9.86. The zero-order valence-electron chi connectivity index (χ0n) is 12.4. The Hall–Kier alpha value is -2.21. The van der Waals surface area contributed by atoms with Gasteiger partial charge in [-0.3, -0.25) is 14.9 Å². The molecule has 0 bridgehead atoms. The molecule has 1 aromatic carbocycles. The molecule has 1 heterocycles. The molecule has 1 saturated heterocycles. The van der Waals surface area contributed by atoms with Gasteiger partial charge in [0.05, 0.1) is 32.2 Å². The van der Waals surface area contributed by atoms with Gasteiger partial charge in [0.25, 0.3) is 0 Å². The van der Waals surface area contributed by atoms with Gasteiger partial charge < -0.3 is 9.47 Å². The summed E-state index contributed by atoms with van der Waals surface area (Å²) in [5, 5.41) is 10.9. The van der Waals surface area contributed by atoms with Crippen molar-refractivity contribution in [3.63, 3.8) is 0 Å². The Balaban J connectivity index is 2.12. The second-order valence-electron chi connectivity index (χ2n) is 5.21. The Morgan fingerprint density at radius 1 is 1.45 bits per heavy atom. The van der Waals surface area contributed by atoms with E-state index >= 15 is 0 Å². The smallest absolute Gasteiger partial charge is 0.210 e. The monoisotopic (exact) mass is 305 g/mol. The van der Waals surface area contributed by atoms with Crippen molar-refractivity contribution < 1.29 is 19.2 Å². The van der Waals surface area contributed by atoms with Crippen molar-refractivity contribution in [3.8, 4) is 5.75 Å². The van der Waals surface area contributed by atoms with Gasteiger partial charge in [0, 0.05) is 11.3 Å². The minimum absolute atomic E-state index is 0.0393. The normalized spacial score (nSPS) is 20.0. The van der Waals surface area contributed by atoms with Crippen LogP contribution in [0.25, 0.3) is 6.08 Å². The first kappa shape index (κ1) is 16.2. The Labute approximate surface area is 128 Å². The highest BCUT2D eigenvalue weighted by atomic mass is 16.6. The van der Waals surface area contributed by atoms with Gasteiger partial charge in [0.15, 0.2) is 0 Å². The third-order valence-corrected chi connectivity index (χ3v) is 3.73. The van der Waals surface area contributed by atoms with E-state index in [1.54, 1.807) is 19.3 Å². The summed E-state index contributed by atoms with van der Waals surface area (Å²) in [6.07, 6.45) is 3.87. The molecule has 0 saturated carbocycles. The van der Waals surface area contributed by atoms with E-state index in [1.165, 1.54) is 0 Å². The lowest BCUT2D eigenvalue weighted by Crippen LogP contribution is -2.35. The van der Waals surface area contributed by atoms with E-state index in [9.17, 15) is 14.9 Å². The molecule has 1 aliphatic rings. The minimum atomic E-state index is -0.454. The summed E-state index contributed by atoms with van der Waals surface area (Å²) < 4.78 is 10.4. The number of rotatable bonds is 6. The lowest BCUT2D eigenvalue weighted by molar-refractivity contribution is -0.487. The first-order valence-electron chi connectivity index (χ1n) is 7.14. The van der Waals surface area contributed by atoms with Crippen LogP contribution in [0.4, 0.5) is 0 Å². The first-order chi connectivity index (χ1) is 10.6. The number of Topliss-reactive ketones (excluding diaryl/α,β-unsaturated/α-hetero) is 1. The van der Waals surface area contributed by atoms with Crippen LogP contribution in [0.5, 0.6) is 5.75 Å². The van der Waals surface area contributed by atoms with Crippen LogP contribution in [0.3, 0.4) is 0 Å². The van der Waals surface area contributed by atoms with Gasteiger partial charge in [-0.25, -0.2) is 0 Å². The number of nitrogens with zero attached hydrogens (tertiary/aromatic N) is 1. The molecule has 1 fully saturated rings. The molecule has 0 amide bonds. The SMILES string of the molecule is COc1ccc(/C=C/[C@H](C[N+](=O)[O-])[C@@H]2COCCC2=O)cc1. The summed E-state index contributed by atoms with van der Waals surface area (Å²) in [5.41, 5.74) is 0.901. The molecule has 6 nitrogen and oxygen atoms in total. The number of hydrogen-bond donors (Lipinski definition) is 0. The number of ether oxygens (including phenoxy) is 2. The maximum Gasteiger partial charge on any atom is 0.210 e. The Morgan fingerprint density at radius 2 is 2.18 bits per heavy atom. The zero-order chi connectivity index (χ0) is 15.9. The van der Waals surface area contributed by atoms with Crippen molar-refractivity contribution in [1.82, 2.24) is 0 Å². The summed E-state index contributed by atoms with van der Waals surface area (Å²) in [7, 11) is 1.59. The highest BCUT2D eigenvalue weighted by molar-refractivity contribution is 5.82. The van der Waals surface area contributed by atoms with Crippen molar-refractivity contribution in [2.24, 2.45) is 11.8 Å². The standard InChI is InChI=1S/C16H19NO5/c1-21-14-6-3-12(4-7-14)2-5-13(10-17(19)20)15-11-22-9-8-16(15)18/h2-7,13,15H,8-11H2,1H3/b5-2+/t13-,15+/m1/s1. The molecule has 22 heavy (non-hydrogen) atoms. The van der Waals surface area contributed by atoms with Gasteiger partial charge in [-0.1, -0.05) is 24.3 Å². The number of methoxy groups -OCH3 is 1. The van der Waals surface area contributed by atoms with E-state index in [1.807, 2.05) is 24.3 Å². The second-order valence-corrected chi connectivity index (χ2v) is 5.21. The quantitative estimate of drug-likeness (QED) is 0.594. The van der Waals surface area contributed by atoms with Crippen molar-refractivity contribution in [3.05, 3.63) is 46.0 Å². The van der Waals surface area contributed by atoms with E-state index in [-0.39, 0.29) is 23.9 Å². The van der Waals surface area contributed by atoms with Crippen LogP contribution in [-0.4, -0.2) is 37.6 Å². The van der Waals surface area contributed by atoms with E-state index in [2.05, 4.69) is 0 Å². The van der Waals surface area contributed by atoms with Crippen LogP contribution in [0.1, 0.15) is 12.0 Å². The van der Waals surface area contributed by atoms with Gasteiger partial charge in [0.2, 0.25) is 6.54 Å². The summed E-state index contributed by atoms with van der Waals surface area (Å²) in [6, 6.07) is 7.35. The van der Waals surface area contributed by atoms with Crippen molar-refractivity contribution in [2.75, 3.05) is 26.9 Å². The minimum Gasteiger partial charge on any atom is -0.497 e. The molecule has 0 aromatic heterocycles. The third kappa shape index (κ3) is 4.39. The molecular formula is C16H19NO5. The molecule has 1 aliphatic heterocycles. The Kier molecular flexibility index (Phi) is 5.66. The van der Waals surface area contributed by atoms with E-state index in [0.29, 0.717) is 13.0 Å². The second kappa shape index (κ2) is 7.70. The Morgan fingerprint density at radius 3 is 2.77 bits per heavy atom. The summed E-state index contributed by atoms with van der Waals surface area (Å²) >= 11 is 0. The average molecular weight is 305 g/mol. The molecule has 1 aromatic rings. The van der Waals surface area contributed by atoms with Crippen LogP contribution in [0.15, 0.2) is 30.3 Å². The summed E-state index contributed by atoms with van der Waals surface area (Å²) in [6.45, 7) is 0.388. The summed E-state index contributed by atoms with van der Waals surface area (Å²) in [4.78, 5) is 22.4. The fourth-order valence-electron chi connectivity index (χ4n) is 2.47. The average Bonchev–Trinajstić information content (AvgIpc) is 2.52. The van der Waals surface area contributed by atoms with Crippen molar-refractivity contribution >= 4 is 11.9 Å². The first-order valence-corrected chi connectivity index (χ1v) is 7.14. The van der Waals surface area contributed by atoms with Crippen LogP contribution < -0.4 is 4.74 Å². The zero-order valence-corrected chi connectivity index (χ0v) is 12.4. The predicted molar refractivity (Wildman–Crippen MR) is 81.3 cm³/mol. The van der Waals surface area contributed by atoms with Gasteiger partial charge in [-0.05, 0) is 17.7 Å². The van der Waals surface area contributed by atoms with Crippen molar-refractivity contribution in [1.29, 1.82) is 0 Å². The van der Waals surface area contributed by atoms with Crippen LogP contribution in [0.2, 0.25) is 0 Å². The number of benzene rings is 1. The lowest BCUT2D eigenvalue weighted by Gasteiger charge is -2.24. The van der Waals surface area contributed by atoms with Gasteiger partial charge in [-0.2, -0.15) is 0 Å². The third-order valence-electron chi connectivity index (χ3n) is 3.73. The van der Waals surface area contributed by atoms with Crippen LogP contribution in [0, 0.1) is 22.0 Å². The summed E-state index contributed by atoms with van der Waals surface area (Å²) in [5.74, 6) is -0.106. The maximum atomic E-state index is 12.0. The molecule has 0 radical (unpaired) electrons. The maximum absolute atomic E-state index is 12.0. The number of carbonyl (C=O) groups excluding carboxylic acids is 1.